The van der Waals surface area contributed by atoms with Crippen molar-refractivity contribution in [1.29, 1.82) is 0 Å². The standard InChI is InChI=1S/C33H36ClN3O4S/c1-4-20(2)24(19-38)37-29-32(41)36(28-21(3)11-8-14-23(28)34)18-10-16-33(29)27(31(37)40)26-25(42-33)15-9-17-35(30(26)39)22-12-6-5-7-13-22/h5-16,20,24-27,29,38H,4,17-19H2,1-3H3/t20-,24-,25-,26+,27-,29?,33-/m0/s1. The molecule has 1 spiro atoms. The second kappa shape index (κ2) is 11.2. The molecule has 4 aliphatic heterocycles. The van der Waals surface area contributed by atoms with E-state index in [1.54, 1.807) is 32.5 Å². The van der Waals surface area contributed by atoms with Crippen LogP contribution in [-0.2, 0) is 14.4 Å². The minimum atomic E-state index is -0.978. The van der Waals surface area contributed by atoms with E-state index >= 15 is 0 Å². The monoisotopic (exact) mass is 605 g/mol. The number of hydrogen-bond acceptors (Lipinski definition) is 5. The molecule has 2 aromatic carbocycles. The summed E-state index contributed by atoms with van der Waals surface area (Å²) in [4.78, 5) is 49.0. The highest BCUT2D eigenvalue weighted by molar-refractivity contribution is 8.02. The molecule has 0 bridgehead atoms. The first-order chi connectivity index (χ1) is 20.2. The molecule has 1 unspecified atom stereocenters. The quantitative estimate of drug-likeness (QED) is 0.476. The number of aryl methyl sites for hydroxylation is 1. The Bertz CT molecular complexity index is 1440. The number of para-hydroxylation sites is 2. The van der Waals surface area contributed by atoms with Gasteiger partial charge in [0.05, 0.1) is 39.9 Å². The van der Waals surface area contributed by atoms with Crippen LogP contribution in [-0.4, -0.2) is 69.5 Å². The topological polar surface area (TPSA) is 81.2 Å². The Morgan fingerprint density at radius 2 is 1.74 bits per heavy atom. The van der Waals surface area contributed by atoms with Gasteiger partial charge >= 0.3 is 0 Å². The molecule has 0 saturated carbocycles. The molecule has 2 fully saturated rings. The number of likely N-dealkylation sites (tertiary alicyclic amines) is 1. The van der Waals surface area contributed by atoms with Crippen molar-refractivity contribution < 1.29 is 19.5 Å². The van der Waals surface area contributed by atoms with Gasteiger partial charge in [0.15, 0.2) is 0 Å². The largest absolute Gasteiger partial charge is 0.394 e. The first kappa shape index (κ1) is 29.0. The van der Waals surface area contributed by atoms with Gasteiger partial charge in [0.25, 0.3) is 5.91 Å². The van der Waals surface area contributed by atoms with Crippen LogP contribution in [0.5, 0.6) is 0 Å². The lowest BCUT2D eigenvalue weighted by Gasteiger charge is -2.40. The molecule has 1 N–H and O–H groups in total. The van der Waals surface area contributed by atoms with E-state index < -0.39 is 28.7 Å². The zero-order valence-corrected chi connectivity index (χ0v) is 25.6. The Labute approximate surface area is 256 Å². The van der Waals surface area contributed by atoms with Crippen molar-refractivity contribution in [2.45, 2.75) is 49.3 Å². The second-order valence-electron chi connectivity index (χ2n) is 11.7. The van der Waals surface area contributed by atoms with Crippen molar-refractivity contribution in [3.63, 3.8) is 0 Å². The van der Waals surface area contributed by atoms with E-state index in [0.29, 0.717) is 23.8 Å². The predicted octanol–water partition coefficient (Wildman–Crippen LogP) is 4.86. The van der Waals surface area contributed by atoms with Gasteiger partial charge in [-0.15, -0.1) is 11.8 Å². The molecule has 0 radical (unpaired) electrons. The summed E-state index contributed by atoms with van der Waals surface area (Å²) in [6, 6.07) is 13.6. The van der Waals surface area contributed by atoms with Crippen LogP contribution in [0.1, 0.15) is 25.8 Å². The molecule has 6 rings (SSSR count). The summed E-state index contributed by atoms with van der Waals surface area (Å²) in [6.07, 6.45) is 8.70. The van der Waals surface area contributed by atoms with Gasteiger partial charge in [0, 0.05) is 24.0 Å². The maximum absolute atomic E-state index is 14.8. The minimum Gasteiger partial charge on any atom is -0.394 e. The van der Waals surface area contributed by atoms with Gasteiger partial charge in [-0.3, -0.25) is 14.4 Å². The Balaban J connectivity index is 1.50. The highest BCUT2D eigenvalue weighted by Gasteiger charge is 2.72. The first-order valence-corrected chi connectivity index (χ1v) is 15.9. The molecule has 7 atom stereocenters. The number of aliphatic hydroxyl groups excluding tert-OH is 1. The van der Waals surface area contributed by atoms with Crippen LogP contribution in [0.25, 0.3) is 0 Å². The van der Waals surface area contributed by atoms with E-state index in [1.807, 2.05) is 87.5 Å². The van der Waals surface area contributed by atoms with Crippen molar-refractivity contribution in [1.82, 2.24) is 4.90 Å². The number of fused-ring (bicyclic) bond motifs is 2. The summed E-state index contributed by atoms with van der Waals surface area (Å²) in [7, 11) is 0. The summed E-state index contributed by atoms with van der Waals surface area (Å²) >= 11 is 8.21. The average Bonchev–Trinajstić information content (AvgIpc) is 3.30. The number of benzene rings is 2. The molecule has 2 aromatic rings. The number of rotatable bonds is 6. The van der Waals surface area contributed by atoms with E-state index in [4.69, 9.17) is 11.6 Å². The molecule has 3 amide bonds. The molecular formula is C33H36ClN3O4S. The lowest BCUT2D eigenvalue weighted by molar-refractivity contribution is -0.142. The van der Waals surface area contributed by atoms with Gasteiger partial charge in [0.1, 0.15) is 6.04 Å². The van der Waals surface area contributed by atoms with Crippen LogP contribution in [0.3, 0.4) is 0 Å². The van der Waals surface area contributed by atoms with E-state index in [1.165, 1.54) is 0 Å². The Morgan fingerprint density at radius 1 is 1.00 bits per heavy atom. The van der Waals surface area contributed by atoms with Gasteiger partial charge in [-0.2, -0.15) is 0 Å². The first-order valence-electron chi connectivity index (χ1n) is 14.6. The highest BCUT2D eigenvalue weighted by Crippen LogP contribution is 2.62. The van der Waals surface area contributed by atoms with Gasteiger partial charge in [-0.1, -0.05) is 86.5 Å². The number of hydrogen-bond donors (Lipinski definition) is 1. The maximum Gasteiger partial charge on any atom is 0.251 e. The van der Waals surface area contributed by atoms with Gasteiger partial charge in [0.2, 0.25) is 11.8 Å². The van der Waals surface area contributed by atoms with E-state index in [2.05, 4.69) is 0 Å². The Hall–Kier alpha value is -3.07. The summed E-state index contributed by atoms with van der Waals surface area (Å²) < 4.78 is -0.978. The number of aliphatic hydroxyl groups is 1. The number of nitrogens with zero attached hydrogens (tertiary/aromatic N) is 3. The van der Waals surface area contributed by atoms with Crippen molar-refractivity contribution in [3.8, 4) is 0 Å². The fraction of sp³-hybridized carbons (Fsp3) is 0.424. The number of anilines is 2. The second-order valence-corrected chi connectivity index (χ2v) is 13.6. The predicted molar refractivity (Wildman–Crippen MR) is 168 cm³/mol. The third-order valence-electron chi connectivity index (χ3n) is 9.47. The van der Waals surface area contributed by atoms with Gasteiger partial charge in [-0.25, -0.2) is 0 Å². The Kier molecular flexibility index (Phi) is 7.75. The number of amides is 3. The van der Waals surface area contributed by atoms with Crippen LogP contribution in [0.15, 0.2) is 72.8 Å². The fourth-order valence-electron chi connectivity index (χ4n) is 7.25. The summed E-state index contributed by atoms with van der Waals surface area (Å²) in [5.41, 5.74) is 2.25. The number of carbonyl (C=O) groups excluding carboxylic acids is 3. The zero-order valence-electron chi connectivity index (χ0n) is 24.0. The molecule has 9 heteroatoms. The molecule has 7 nitrogen and oxygen atoms in total. The molecule has 2 saturated heterocycles. The number of carbonyl (C=O) groups is 3. The van der Waals surface area contributed by atoms with Crippen LogP contribution in [0.4, 0.5) is 11.4 Å². The van der Waals surface area contributed by atoms with Gasteiger partial charge < -0.3 is 19.8 Å². The van der Waals surface area contributed by atoms with Crippen LogP contribution in [0.2, 0.25) is 5.02 Å². The van der Waals surface area contributed by atoms with Crippen molar-refractivity contribution in [2.75, 3.05) is 29.5 Å². The van der Waals surface area contributed by atoms with Crippen LogP contribution >= 0.6 is 23.4 Å². The fourth-order valence-corrected chi connectivity index (χ4v) is 9.57. The molecular weight excluding hydrogens is 570 g/mol. The summed E-state index contributed by atoms with van der Waals surface area (Å²) in [5, 5.41) is 10.8. The van der Waals surface area contributed by atoms with E-state index in [-0.39, 0.29) is 35.5 Å². The van der Waals surface area contributed by atoms with Crippen molar-refractivity contribution in [2.24, 2.45) is 17.8 Å². The molecule has 220 valence electrons. The zero-order chi connectivity index (χ0) is 29.8. The molecule has 42 heavy (non-hydrogen) atoms. The smallest absolute Gasteiger partial charge is 0.251 e. The lowest BCUT2D eigenvalue weighted by atomic mass is 9.78. The SMILES string of the molecule is CC[C@H](C)[C@H](CO)N1C(=O)[C@@H]2[C@@H]3C(=O)N(c4ccccc4)CC=C[C@@H]3S[C@@]23C=CCN(c2c(C)cccc2Cl)C(=O)C13. The third kappa shape index (κ3) is 4.33. The van der Waals surface area contributed by atoms with Gasteiger partial charge in [-0.05, 0) is 36.6 Å². The average molecular weight is 606 g/mol. The van der Waals surface area contributed by atoms with Crippen molar-refractivity contribution >= 4 is 52.5 Å². The summed E-state index contributed by atoms with van der Waals surface area (Å²) in [6.45, 7) is 6.36. The minimum absolute atomic E-state index is 0.0586. The number of halogens is 1. The van der Waals surface area contributed by atoms with E-state index in [0.717, 1.165) is 17.7 Å². The normalized spacial score (nSPS) is 30.1. The third-order valence-corrected chi connectivity index (χ3v) is 11.5. The Morgan fingerprint density at radius 3 is 2.43 bits per heavy atom. The maximum atomic E-state index is 14.8. The summed E-state index contributed by atoms with van der Waals surface area (Å²) in [5.74, 6) is -2.08. The number of thioether (sulfide) groups is 1. The lowest BCUT2D eigenvalue weighted by Crippen LogP contribution is -2.58. The van der Waals surface area contributed by atoms with Crippen molar-refractivity contribution in [3.05, 3.63) is 83.4 Å². The van der Waals surface area contributed by atoms with Crippen LogP contribution < -0.4 is 9.80 Å². The molecule has 4 aliphatic rings. The highest BCUT2D eigenvalue weighted by atomic mass is 35.5. The molecule has 0 aliphatic carbocycles. The molecule has 4 heterocycles. The molecule has 0 aromatic heterocycles. The van der Waals surface area contributed by atoms with Crippen LogP contribution in [0, 0.1) is 24.7 Å². The van der Waals surface area contributed by atoms with E-state index in [9.17, 15) is 19.5 Å².